The van der Waals surface area contributed by atoms with E-state index in [1.54, 1.807) is 0 Å². The predicted molar refractivity (Wildman–Crippen MR) is 84.8 cm³/mol. The fourth-order valence-electron chi connectivity index (χ4n) is 2.92. The first-order chi connectivity index (χ1) is 9.75. The minimum Gasteiger partial charge on any atom is -0.347 e. The molecule has 104 valence electrons. The molecule has 0 saturated carbocycles. The highest BCUT2D eigenvalue weighted by Crippen LogP contribution is 2.30. The minimum atomic E-state index is 1.07. The van der Waals surface area contributed by atoms with E-state index < -0.39 is 0 Å². The van der Waals surface area contributed by atoms with Crippen LogP contribution >= 0.6 is 0 Å². The van der Waals surface area contributed by atoms with Crippen LogP contribution in [0.15, 0.2) is 48.7 Å². The number of hydrogen-bond acceptors (Lipinski definition) is 1. The summed E-state index contributed by atoms with van der Waals surface area (Å²) >= 11 is 0. The zero-order valence-electron chi connectivity index (χ0n) is 12.3. The standard InChI is InChI=1S/C18H22N2/c1-19(2)12-5-9-17-16-8-4-3-7-15(16)11-14-20-13-6-10-18(17)20/h3-4,6-10,13H,5,11-12,14H2,1-2H3. The summed E-state index contributed by atoms with van der Waals surface area (Å²) in [6.45, 7) is 2.16. The van der Waals surface area contributed by atoms with E-state index in [1.807, 2.05) is 0 Å². The molecule has 20 heavy (non-hydrogen) atoms. The molecule has 2 heterocycles. The molecule has 0 bridgehead atoms. The van der Waals surface area contributed by atoms with Crippen LogP contribution in [0.3, 0.4) is 0 Å². The van der Waals surface area contributed by atoms with Crippen molar-refractivity contribution in [2.45, 2.75) is 19.4 Å². The number of rotatable bonds is 3. The Hall–Kier alpha value is -1.80. The zero-order valence-corrected chi connectivity index (χ0v) is 12.3. The molecule has 0 N–H and O–H groups in total. The van der Waals surface area contributed by atoms with Crippen molar-refractivity contribution in [1.29, 1.82) is 0 Å². The van der Waals surface area contributed by atoms with E-state index in [9.17, 15) is 0 Å². The zero-order chi connectivity index (χ0) is 13.9. The Kier molecular flexibility index (Phi) is 3.75. The first-order valence-corrected chi connectivity index (χ1v) is 7.34. The summed E-state index contributed by atoms with van der Waals surface area (Å²) in [5.74, 6) is 0. The van der Waals surface area contributed by atoms with Gasteiger partial charge in [-0.15, -0.1) is 0 Å². The van der Waals surface area contributed by atoms with Crippen molar-refractivity contribution in [1.82, 2.24) is 9.47 Å². The van der Waals surface area contributed by atoms with Crippen LogP contribution in [0.5, 0.6) is 0 Å². The Morgan fingerprint density at radius 1 is 1.15 bits per heavy atom. The van der Waals surface area contributed by atoms with Gasteiger partial charge in [0.05, 0.1) is 0 Å². The Morgan fingerprint density at radius 3 is 2.85 bits per heavy atom. The molecule has 0 atom stereocenters. The van der Waals surface area contributed by atoms with Gasteiger partial charge in [0, 0.05) is 30.6 Å². The van der Waals surface area contributed by atoms with E-state index in [0.717, 1.165) is 25.9 Å². The number of fused-ring (bicyclic) bond motifs is 2. The van der Waals surface area contributed by atoms with E-state index in [1.165, 1.54) is 22.4 Å². The van der Waals surface area contributed by atoms with Gasteiger partial charge in [-0.1, -0.05) is 30.3 Å². The van der Waals surface area contributed by atoms with Crippen molar-refractivity contribution >= 4 is 5.57 Å². The molecule has 0 radical (unpaired) electrons. The van der Waals surface area contributed by atoms with Crippen molar-refractivity contribution < 1.29 is 0 Å². The largest absolute Gasteiger partial charge is 0.347 e. The average molecular weight is 266 g/mol. The lowest BCUT2D eigenvalue weighted by Gasteiger charge is -2.12. The monoisotopic (exact) mass is 266 g/mol. The van der Waals surface area contributed by atoms with Gasteiger partial charge in [-0.25, -0.2) is 0 Å². The van der Waals surface area contributed by atoms with Gasteiger partial charge in [0.1, 0.15) is 0 Å². The molecule has 2 aromatic rings. The summed E-state index contributed by atoms with van der Waals surface area (Å²) in [6, 6.07) is 13.2. The molecule has 2 heteroatoms. The molecule has 0 amide bonds. The van der Waals surface area contributed by atoms with E-state index in [-0.39, 0.29) is 0 Å². The third-order valence-corrected chi connectivity index (χ3v) is 3.96. The van der Waals surface area contributed by atoms with Crippen LogP contribution in [0.25, 0.3) is 5.57 Å². The van der Waals surface area contributed by atoms with E-state index in [0.29, 0.717) is 0 Å². The maximum absolute atomic E-state index is 2.40. The Labute approximate surface area is 121 Å². The Morgan fingerprint density at radius 2 is 2.00 bits per heavy atom. The van der Waals surface area contributed by atoms with Crippen LogP contribution in [0.1, 0.15) is 23.2 Å². The molecule has 0 spiro atoms. The molecule has 0 fully saturated rings. The highest BCUT2D eigenvalue weighted by molar-refractivity contribution is 5.80. The molecular formula is C18H22N2. The van der Waals surface area contributed by atoms with Gasteiger partial charge in [0.15, 0.2) is 0 Å². The van der Waals surface area contributed by atoms with Gasteiger partial charge in [-0.2, -0.15) is 0 Å². The third kappa shape index (κ3) is 2.56. The van der Waals surface area contributed by atoms with Gasteiger partial charge < -0.3 is 9.47 Å². The summed E-state index contributed by atoms with van der Waals surface area (Å²) in [5.41, 5.74) is 5.62. The number of hydrogen-bond donors (Lipinski definition) is 0. The van der Waals surface area contributed by atoms with Gasteiger partial charge in [-0.3, -0.25) is 0 Å². The van der Waals surface area contributed by atoms with Gasteiger partial charge in [0.25, 0.3) is 0 Å². The van der Waals surface area contributed by atoms with Crippen LogP contribution in [0, 0.1) is 0 Å². The van der Waals surface area contributed by atoms with Crippen LogP contribution in [0.2, 0.25) is 0 Å². The van der Waals surface area contributed by atoms with Crippen LogP contribution in [-0.4, -0.2) is 30.1 Å². The topological polar surface area (TPSA) is 8.17 Å². The fourth-order valence-corrected chi connectivity index (χ4v) is 2.92. The number of aryl methyl sites for hydroxylation is 2. The lowest BCUT2D eigenvalue weighted by atomic mass is 9.96. The summed E-state index contributed by atoms with van der Waals surface area (Å²) in [6.07, 6.45) is 6.79. The van der Waals surface area contributed by atoms with E-state index in [4.69, 9.17) is 0 Å². The third-order valence-electron chi connectivity index (χ3n) is 3.96. The second kappa shape index (κ2) is 5.68. The van der Waals surface area contributed by atoms with Gasteiger partial charge >= 0.3 is 0 Å². The maximum atomic E-state index is 2.40. The molecule has 1 aliphatic heterocycles. The number of aromatic nitrogens is 1. The summed E-state index contributed by atoms with van der Waals surface area (Å²) < 4.78 is 2.38. The molecule has 2 nitrogen and oxygen atoms in total. The lowest BCUT2D eigenvalue weighted by molar-refractivity contribution is 0.417. The van der Waals surface area contributed by atoms with E-state index in [2.05, 4.69) is 72.2 Å². The highest BCUT2D eigenvalue weighted by Gasteiger charge is 2.16. The van der Waals surface area contributed by atoms with Crippen molar-refractivity contribution in [2.75, 3.05) is 20.6 Å². The molecule has 1 aliphatic rings. The summed E-state index contributed by atoms with van der Waals surface area (Å²) in [4.78, 5) is 2.23. The Balaban J connectivity index is 2.03. The quantitative estimate of drug-likeness (QED) is 0.826. The second-order valence-corrected chi connectivity index (χ2v) is 5.70. The van der Waals surface area contributed by atoms with Crippen LogP contribution < -0.4 is 0 Å². The smallest absolute Gasteiger partial charge is 0.0483 e. The molecule has 1 aromatic heterocycles. The summed E-state index contributed by atoms with van der Waals surface area (Å²) in [5, 5.41) is 0. The highest BCUT2D eigenvalue weighted by atomic mass is 15.0. The molecule has 0 unspecified atom stereocenters. The molecule has 0 saturated heterocycles. The van der Waals surface area contributed by atoms with Crippen LogP contribution in [-0.2, 0) is 13.0 Å². The second-order valence-electron chi connectivity index (χ2n) is 5.70. The SMILES string of the molecule is CN(C)CCC=C1c2ccccc2CCn2cccc21. The molecule has 0 aliphatic carbocycles. The van der Waals surface area contributed by atoms with Crippen molar-refractivity contribution in [3.63, 3.8) is 0 Å². The summed E-state index contributed by atoms with van der Waals surface area (Å²) in [7, 11) is 4.25. The number of benzene rings is 1. The van der Waals surface area contributed by atoms with Crippen LogP contribution in [0.4, 0.5) is 0 Å². The number of nitrogens with zero attached hydrogens (tertiary/aromatic N) is 2. The van der Waals surface area contributed by atoms with Gasteiger partial charge in [-0.05, 0) is 50.2 Å². The average Bonchev–Trinajstić information content (AvgIpc) is 2.84. The minimum absolute atomic E-state index is 1.07. The molecule has 1 aromatic carbocycles. The molecule has 3 rings (SSSR count). The van der Waals surface area contributed by atoms with Crippen molar-refractivity contribution in [2.24, 2.45) is 0 Å². The normalized spacial score (nSPS) is 16.1. The first kappa shape index (κ1) is 13.2. The Bertz CT molecular complexity index is 620. The first-order valence-electron chi connectivity index (χ1n) is 7.34. The van der Waals surface area contributed by atoms with E-state index >= 15 is 0 Å². The van der Waals surface area contributed by atoms with Crippen molar-refractivity contribution in [3.8, 4) is 0 Å². The maximum Gasteiger partial charge on any atom is 0.0483 e. The predicted octanol–water partition coefficient (Wildman–Crippen LogP) is 3.43. The van der Waals surface area contributed by atoms with Gasteiger partial charge in [0.2, 0.25) is 0 Å². The fraction of sp³-hybridized carbons (Fsp3) is 0.333. The molecular weight excluding hydrogens is 244 g/mol. The van der Waals surface area contributed by atoms with Crippen molar-refractivity contribution in [3.05, 3.63) is 65.5 Å². The lowest BCUT2D eigenvalue weighted by Crippen LogP contribution is -2.12.